The quantitative estimate of drug-likeness (QED) is 0.367. The largest absolute Gasteiger partial charge is 0.496 e. The lowest BCUT2D eigenvalue weighted by Gasteiger charge is -2.07. The molecule has 0 heterocycles. The molecular weight excluding hydrogens is 330 g/mol. The lowest BCUT2D eigenvalue weighted by atomic mass is 10.1. The van der Waals surface area contributed by atoms with Crippen molar-refractivity contribution >= 4 is 46.3 Å². The number of methoxy groups -OCH3 is 1. The highest BCUT2D eigenvalue weighted by atomic mass is 127. The summed E-state index contributed by atoms with van der Waals surface area (Å²) in [5.41, 5.74) is 0.642. The van der Waals surface area contributed by atoms with E-state index in [0.717, 1.165) is 3.57 Å². The van der Waals surface area contributed by atoms with Gasteiger partial charge in [-0.15, -0.1) is 11.6 Å². The number of aldehydes is 1. The molecule has 1 aromatic rings. The van der Waals surface area contributed by atoms with Gasteiger partial charge < -0.3 is 4.74 Å². The van der Waals surface area contributed by atoms with Gasteiger partial charge in [0, 0.05) is 11.1 Å². The Bertz CT molecular complexity index is 404. The van der Waals surface area contributed by atoms with Crippen LogP contribution >= 0.6 is 34.2 Å². The van der Waals surface area contributed by atoms with Gasteiger partial charge in [-0.3, -0.25) is 9.59 Å². The number of Topliss-reactive ketones (excluding diaryl/α,β-unsaturated/α-hetero) is 1. The number of ketones is 1. The molecule has 0 N–H and O–H groups in total. The van der Waals surface area contributed by atoms with Gasteiger partial charge in [0.05, 0.1) is 16.6 Å². The summed E-state index contributed by atoms with van der Waals surface area (Å²) in [5, 5.41) is 0. The molecule has 15 heavy (non-hydrogen) atoms. The molecule has 0 spiro atoms. The minimum atomic E-state index is -0.284. The number of hydrogen-bond acceptors (Lipinski definition) is 3. The van der Waals surface area contributed by atoms with Gasteiger partial charge in [0.25, 0.3) is 0 Å². The van der Waals surface area contributed by atoms with E-state index in [-0.39, 0.29) is 11.7 Å². The number of carbonyl (C=O) groups excluding carboxylic acids is 2. The van der Waals surface area contributed by atoms with E-state index in [1.165, 1.54) is 13.2 Å². The average molecular weight is 339 g/mol. The molecule has 5 heteroatoms. The topological polar surface area (TPSA) is 43.4 Å². The summed E-state index contributed by atoms with van der Waals surface area (Å²) >= 11 is 7.48. The summed E-state index contributed by atoms with van der Waals surface area (Å²) in [4.78, 5) is 22.2. The first-order valence-electron chi connectivity index (χ1n) is 4.06. The first-order valence-corrected chi connectivity index (χ1v) is 5.67. The Morgan fingerprint density at radius 1 is 1.60 bits per heavy atom. The monoisotopic (exact) mass is 338 g/mol. The van der Waals surface area contributed by atoms with Crippen molar-refractivity contribution in [2.45, 2.75) is 0 Å². The van der Waals surface area contributed by atoms with Gasteiger partial charge in [-0.2, -0.15) is 0 Å². The second kappa shape index (κ2) is 5.46. The van der Waals surface area contributed by atoms with E-state index < -0.39 is 0 Å². The molecule has 0 bridgehead atoms. The van der Waals surface area contributed by atoms with Gasteiger partial charge in [0.2, 0.25) is 0 Å². The Kier molecular flexibility index (Phi) is 4.53. The third-order valence-electron chi connectivity index (χ3n) is 1.87. The molecule has 0 amide bonds. The van der Waals surface area contributed by atoms with Crippen LogP contribution in [0.5, 0.6) is 5.75 Å². The van der Waals surface area contributed by atoms with Gasteiger partial charge in [0.15, 0.2) is 12.1 Å². The van der Waals surface area contributed by atoms with Crippen molar-refractivity contribution in [3.8, 4) is 5.75 Å². The average Bonchev–Trinajstić information content (AvgIpc) is 2.27. The van der Waals surface area contributed by atoms with E-state index >= 15 is 0 Å². The predicted molar refractivity (Wildman–Crippen MR) is 66.1 cm³/mol. The molecule has 1 rings (SSSR count). The highest BCUT2D eigenvalue weighted by Gasteiger charge is 2.13. The Hall–Kier alpha value is -0.620. The molecule has 0 atom stereocenters. The molecule has 0 saturated heterocycles. The highest BCUT2D eigenvalue weighted by Crippen LogP contribution is 2.25. The van der Waals surface area contributed by atoms with Crippen LogP contribution < -0.4 is 4.74 Å². The third-order valence-corrected chi connectivity index (χ3v) is 2.96. The second-order valence-corrected chi connectivity index (χ2v) is 4.18. The number of carbonyl (C=O) groups is 2. The highest BCUT2D eigenvalue weighted by molar-refractivity contribution is 14.1. The Balaban J connectivity index is 3.34. The molecule has 0 radical (unpaired) electrons. The maximum Gasteiger partial charge on any atom is 0.178 e. The molecule has 1 aromatic carbocycles. The molecular formula is C10H8ClIO3. The summed E-state index contributed by atoms with van der Waals surface area (Å²) in [6, 6.07) is 3.14. The standard InChI is InChI=1S/C10H8ClIO3/c1-15-10-3-7(9(14)4-11)6(5-13)2-8(10)12/h2-3,5H,4H2,1H3. The minimum absolute atomic E-state index is 0.148. The second-order valence-electron chi connectivity index (χ2n) is 2.75. The SMILES string of the molecule is COc1cc(C(=O)CCl)c(C=O)cc1I. The summed E-state index contributed by atoms with van der Waals surface area (Å²) < 4.78 is 5.84. The van der Waals surface area contributed by atoms with Crippen LogP contribution in [0.25, 0.3) is 0 Å². The fourth-order valence-corrected chi connectivity index (χ4v) is 1.99. The summed E-state index contributed by atoms with van der Waals surface area (Å²) in [5.74, 6) is 0.132. The third kappa shape index (κ3) is 2.69. The van der Waals surface area contributed by atoms with Gasteiger partial charge in [-0.25, -0.2) is 0 Å². The summed E-state index contributed by atoms with van der Waals surface area (Å²) in [7, 11) is 1.51. The number of halogens is 2. The lowest BCUT2D eigenvalue weighted by molar-refractivity contribution is 0.101. The van der Waals surface area contributed by atoms with Crippen LogP contribution in [-0.4, -0.2) is 25.1 Å². The van der Waals surface area contributed by atoms with Crippen molar-refractivity contribution in [1.82, 2.24) is 0 Å². The molecule has 0 unspecified atom stereocenters. The minimum Gasteiger partial charge on any atom is -0.496 e. The molecule has 0 aromatic heterocycles. The summed E-state index contributed by atoms with van der Waals surface area (Å²) in [6.45, 7) is 0. The van der Waals surface area contributed by atoms with Crippen LogP contribution in [0.3, 0.4) is 0 Å². The van der Waals surface area contributed by atoms with Crippen LogP contribution in [0.15, 0.2) is 12.1 Å². The van der Waals surface area contributed by atoms with Crippen molar-refractivity contribution in [2.75, 3.05) is 13.0 Å². The van der Waals surface area contributed by atoms with Gasteiger partial charge in [-0.05, 0) is 34.7 Å². The molecule has 0 aliphatic carbocycles. The van der Waals surface area contributed by atoms with E-state index in [1.807, 2.05) is 22.6 Å². The van der Waals surface area contributed by atoms with Gasteiger partial charge in [-0.1, -0.05) is 0 Å². The van der Waals surface area contributed by atoms with Crippen LogP contribution in [0.2, 0.25) is 0 Å². The Morgan fingerprint density at radius 3 is 2.73 bits per heavy atom. The first kappa shape index (κ1) is 12.4. The van der Waals surface area contributed by atoms with E-state index in [4.69, 9.17) is 16.3 Å². The van der Waals surface area contributed by atoms with Crippen LogP contribution in [0.4, 0.5) is 0 Å². The Labute approximate surface area is 106 Å². The van der Waals surface area contributed by atoms with Crippen molar-refractivity contribution in [3.63, 3.8) is 0 Å². The van der Waals surface area contributed by atoms with Crippen molar-refractivity contribution in [1.29, 1.82) is 0 Å². The number of benzene rings is 1. The van der Waals surface area contributed by atoms with E-state index in [9.17, 15) is 9.59 Å². The van der Waals surface area contributed by atoms with Crippen molar-refractivity contribution < 1.29 is 14.3 Å². The molecule has 0 aliphatic rings. The number of alkyl halides is 1. The van der Waals surface area contributed by atoms with Gasteiger partial charge in [0.1, 0.15) is 5.75 Å². The van der Waals surface area contributed by atoms with E-state index in [2.05, 4.69) is 0 Å². The molecule has 0 saturated carbocycles. The molecule has 80 valence electrons. The molecule has 0 aliphatic heterocycles. The van der Waals surface area contributed by atoms with Crippen molar-refractivity contribution in [3.05, 3.63) is 26.8 Å². The Morgan fingerprint density at radius 2 is 2.27 bits per heavy atom. The predicted octanol–water partition coefficient (Wildman–Crippen LogP) is 2.53. The lowest BCUT2D eigenvalue weighted by Crippen LogP contribution is -2.06. The maximum atomic E-state index is 11.4. The summed E-state index contributed by atoms with van der Waals surface area (Å²) in [6.07, 6.45) is 0.640. The number of hydrogen-bond donors (Lipinski definition) is 0. The zero-order valence-electron chi connectivity index (χ0n) is 7.92. The van der Waals surface area contributed by atoms with Crippen LogP contribution in [0.1, 0.15) is 20.7 Å². The first-order chi connectivity index (χ1) is 7.13. The molecule has 0 fully saturated rings. The van der Waals surface area contributed by atoms with Crippen LogP contribution in [-0.2, 0) is 0 Å². The number of ether oxygens (including phenoxy) is 1. The normalized spacial score (nSPS) is 9.80. The maximum absolute atomic E-state index is 11.4. The van der Waals surface area contributed by atoms with E-state index in [1.54, 1.807) is 6.07 Å². The van der Waals surface area contributed by atoms with E-state index in [0.29, 0.717) is 23.2 Å². The van der Waals surface area contributed by atoms with Gasteiger partial charge >= 0.3 is 0 Å². The fraction of sp³-hybridized carbons (Fsp3) is 0.200. The van der Waals surface area contributed by atoms with Crippen LogP contribution in [0, 0.1) is 3.57 Å². The number of rotatable bonds is 4. The zero-order chi connectivity index (χ0) is 11.4. The van der Waals surface area contributed by atoms with Crippen molar-refractivity contribution in [2.24, 2.45) is 0 Å². The smallest absolute Gasteiger partial charge is 0.178 e. The zero-order valence-corrected chi connectivity index (χ0v) is 10.8. The fourth-order valence-electron chi connectivity index (χ4n) is 1.14. The molecule has 3 nitrogen and oxygen atoms in total.